The van der Waals surface area contributed by atoms with Crippen molar-refractivity contribution in [1.29, 1.82) is 0 Å². The van der Waals surface area contributed by atoms with Gasteiger partial charge in [0.2, 0.25) is 0 Å². The summed E-state index contributed by atoms with van der Waals surface area (Å²) < 4.78 is 28.0. The van der Waals surface area contributed by atoms with Crippen LogP contribution in [-0.4, -0.2) is 34.9 Å². The molecule has 2 N–H and O–H groups in total. The van der Waals surface area contributed by atoms with E-state index < -0.39 is 10.0 Å². The van der Waals surface area contributed by atoms with Crippen LogP contribution in [0.5, 0.6) is 0 Å². The number of sulfonamides is 1. The lowest BCUT2D eigenvalue weighted by atomic mass is 10.1. The second-order valence-electron chi connectivity index (χ2n) is 4.51. The first-order chi connectivity index (χ1) is 7.94. The van der Waals surface area contributed by atoms with Crippen LogP contribution in [0.2, 0.25) is 0 Å². The summed E-state index contributed by atoms with van der Waals surface area (Å²) in [6, 6.07) is 0.0306. The first-order valence-corrected chi connectivity index (χ1v) is 7.17. The van der Waals surface area contributed by atoms with Crippen molar-refractivity contribution in [1.82, 2.24) is 13.9 Å². The summed E-state index contributed by atoms with van der Waals surface area (Å²) in [5.74, 6) is 0.0743. The molecule has 0 amide bonds. The molecule has 1 fully saturated rings. The number of nitrogens with zero attached hydrogens (tertiary/aromatic N) is 3. The third-order valence-corrected chi connectivity index (χ3v) is 5.35. The van der Waals surface area contributed by atoms with Gasteiger partial charge >= 0.3 is 0 Å². The number of rotatable bonds is 2. The van der Waals surface area contributed by atoms with Crippen molar-refractivity contribution in [3.8, 4) is 0 Å². The van der Waals surface area contributed by atoms with Crippen LogP contribution >= 0.6 is 0 Å². The van der Waals surface area contributed by atoms with E-state index in [1.54, 1.807) is 7.05 Å². The van der Waals surface area contributed by atoms with Crippen molar-refractivity contribution in [3.05, 3.63) is 6.33 Å². The van der Waals surface area contributed by atoms with E-state index in [-0.39, 0.29) is 16.9 Å². The van der Waals surface area contributed by atoms with Crippen LogP contribution < -0.4 is 5.73 Å². The number of aryl methyl sites for hydroxylation is 1. The highest BCUT2D eigenvalue weighted by atomic mass is 32.2. The lowest BCUT2D eigenvalue weighted by Crippen LogP contribution is -2.42. The summed E-state index contributed by atoms with van der Waals surface area (Å²) in [5, 5.41) is 0.103. The van der Waals surface area contributed by atoms with Crippen molar-refractivity contribution in [2.45, 2.75) is 37.3 Å². The molecule has 1 aromatic heterocycles. The van der Waals surface area contributed by atoms with Crippen LogP contribution in [0.15, 0.2) is 11.4 Å². The van der Waals surface area contributed by atoms with Gasteiger partial charge in [-0.3, -0.25) is 0 Å². The third-order valence-electron chi connectivity index (χ3n) is 3.20. The van der Waals surface area contributed by atoms with Crippen LogP contribution in [0.1, 0.15) is 26.2 Å². The van der Waals surface area contributed by atoms with E-state index in [1.165, 1.54) is 15.2 Å². The number of imidazole rings is 1. The molecule has 0 spiro atoms. The van der Waals surface area contributed by atoms with Crippen molar-refractivity contribution >= 4 is 15.8 Å². The maximum atomic E-state index is 12.5. The summed E-state index contributed by atoms with van der Waals surface area (Å²) in [6.07, 6.45) is 4.31. The molecule has 1 aromatic rings. The van der Waals surface area contributed by atoms with Gasteiger partial charge in [-0.1, -0.05) is 6.42 Å². The Morgan fingerprint density at radius 3 is 2.71 bits per heavy atom. The fourth-order valence-corrected chi connectivity index (χ4v) is 4.19. The number of nitrogens with two attached hydrogens (primary N) is 1. The van der Waals surface area contributed by atoms with E-state index in [2.05, 4.69) is 4.98 Å². The van der Waals surface area contributed by atoms with Gasteiger partial charge in [-0.05, 0) is 19.8 Å². The van der Waals surface area contributed by atoms with Gasteiger partial charge < -0.3 is 10.3 Å². The van der Waals surface area contributed by atoms with E-state index in [0.717, 1.165) is 19.3 Å². The average molecular weight is 258 g/mol. The van der Waals surface area contributed by atoms with Crippen LogP contribution in [-0.2, 0) is 17.1 Å². The van der Waals surface area contributed by atoms with Gasteiger partial charge in [-0.15, -0.1) is 0 Å². The minimum Gasteiger partial charge on any atom is -0.381 e. The topological polar surface area (TPSA) is 81.2 Å². The number of aromatic nitrogens is 2. The predicted octanol–water partition coefficient (Wildman–Crippen LogP) is 0.565. The zero-order valence-corrected chi connectivity index (χ0v) is 10.9. The molecule has 0 aromatic carbocycles. The van der Waals surface area contributed by atoms with E-state index >= 15 is 0 Å². The molecule has 1 saturated heterocycles. The Kier molecular flexibility index (Phi) is 3.13. The van der Waals surface area contributed by atoms with E-state index in [1.807, 2.05) is 6.92 Å². The average Bonchev–Trinajstić information content (AvgIpc) is 2.59. The SMILES string of the molecule is CC1CCCCN1S(=O)(=O)c1c(N)ncn1C. The van der Waals surface area contributed by atoms with E-state index in [0.29, 0.717) is 6.54 Å². The van der Waals surface area contributed by atoms with Crippen molar-refractivity contribution in [2.24, 2.45) is 7.05 Å². The molecule has 6 nitrogen and oxygen atoms in total. The fourth-order valence-electron chi connectivity index (χ4n) is 2.29. The molecule has 0 bridgehead atoms. The predicted molar refractivity (Wildman–Crippen MR) is 64.8 cm³/mol. The van der Waals surface area contributed by atoms with Crippen molar-refractivity contribution in [2.75, 3.05) is 12.3 Å². The molecule has 1 unspecified atom stereocenters. The minimum atomic E-state index is -3.52. The molecule has 2 heterocycles. The highest BCUT2D eigenvalue weighted by molar-refractivity contribution is 7.89. The molecule has 7 heteroatoms. The van der Waals surface area contributed by atoms with Crippen LogP contribution in [0.4, 0.5) is 5.82 Å². The second-order valence-corrected chi connectivity index (χ2v) is 6.31. The Labute approximate surface area is 101 Å². The van der Waals surface area contributed by atoms with Crippen LogP contribution in [0, 0.1) is 0 Å². The van der Waals surface area contributed by atoms with Crippen LogP contribution in [0.3, 0.4) is 0 Å². The standard InChI is InChI=1S/C10H18N4O2S/c1-8-5-3-4-6-14(8)17(15,16)10-9(11)12-7-13(10)2/h7-8H,3-6,11H2,1-2H3. The molecule has 96 valence electrons. The normalized spacial score (nSPS) is 22.8. The largest absolute Gasteiger partial charge is 0.381 e. The maximum absolute atomic E-state index is 12.5. The van der Waals surface area contributed by atoms with Gasteiger partial charge in [0.25, 0.3) is 10.0 Å². The van der Waals surface area contributed by atoms with Gasteiger partial charge in [0.1, 0.15) is 0 Å². The number of piperidine rings is 1. The second kappa shape index (κ2) is 4.30. The van der Waals surface area contributed by atoms with Crippen molar-refractivity contribution < 1.29 is 8.42 Å². The maximum Gasteiger partial charge on any atom is 0.262 e. The number of hydrogen-bond donors (Lipinski definition) is 1. The third kappa shape index (κ3) is 2.04. The minimum absolute atomic E-state index is 0.0306. The highest BCUT2D eigenvalue weighted by Crippen LogP contribution is 2.27. The first kappa shape index (κ1) is 12.4. The molecular formula is C10H18N4O2S. The Balaban J connectivity index is 2.42. The molecule has 0 radical (unpaired) electrons. The fraction of sp³-hybridized carbons (Fsp3) is 0.700. The molecular weight excluding hydrogens is 240 g/mol. The smallest absolute Gasteiger partial charge is 0.262 e. The summed E-state index contributed by atoms with van der Waals surface area (Å²) in [5.41, 5.74) is 5.64. The lowest BCUT2D eigenvalue weighted by Gasteiger charge is -2.32. The lowest BCUT2D eigenvalue weighted by molar-refractivity contribution is 0.267. The van der Waals surface area contributed by atoms with Gasteiger partial charge in [-0.25, -0.2) is 13.4 Å². The Morgan fingerprint density at radius 1 is 1.47 bits per heavy atom. The molecule has 2 rings (SSSR count). The Morgan fingerprint density at radius 2 is 2.18 bits per heavy atom. The molecule has 1 aliphatic heterocycles. The molecule has 17 heavy (non-hydrogen) atoms. The van der Waals surface area contributed by atoms with Crippen LogP contribution in [0.25, 0.3) is 0 Å². The van der Waals surface area contributed by atoms with E-state index in [9.17, 15) is 8.42 Å². The first-order valence-electron chi connectivity index (χ1n) is 5.73. The molecule has 0 saturated carbocycles. The molecule has 1 atom stereocenters. The monoisotopic (exact) mass is 258 g/mol. The summed E-state index contributed by atoms with van der Waals surface area (Å²) in [6.45, 7) is 2.50. The van der Waals surface area contributed by atoms with Gasteiger partial charge in [-0.2, -0.15) is 4.31 Å². The molecule has 0 aliphatic carbocycles. The Bertz CT molecular complexity index is 489. The Hall–Kier alpha value is -1.08. The van der Waals surface area contributed by atoms with Gasteiger partial charge in [0, 0.05) is 19.6 Å². The number of anilines is 1. The summed E-state index contributed by atoms with van der Waals surface area (Å²) in [7, 11) is -1.88. The highest BCUT2D eigenvalue weighted by Gasteiger charge is 2.34. The zero-order valence-electron chi connectivity index (χ0n) is 10.1. The quantitative estimate of drug-likeness (QED) is 0.840. The summed E-state index contributed by atoms with van der Waals surface area (Å²) >= 11 is 0. The van der Waals surface area contributed by atoms with Gasteiger partial charge in [0.05, 0.1) is 6.33 Å². The van der Waals surface area contributed by atoms with Crippen molar-refractivity contribution in [3.63, 3.8) is 0 Å². The number of nitrogen functional groups attached to an aromatic ring is 1. The molecule has 1 aliphatic rings. The summed E-state index contributed by atoms with van der Waals surface area (Å²) in [4.78, 5) is 3.84. The van der Waals surface area contributed by atoms with Gasteiger partial charge in [0.15, 0.2) is 10.8 Å². The van der Waals surface area contributed by atoms with E-state index in [4.69, 9.17) is 5.73 Å². The zero-order chi connectivity index (χ0) is 12.6. The number of hydrogen-bond acceptors (Lipinski definition) is 4.